The molecule has 0 aliphatic rings. The van der Waals surface area contributed by atoms with Gasteiger partial charge in [0.25, 0.3) is 5.91 Å². The molecule has 0 atom stereocenters. The smallest absolute Gasteiger partial charge is 0.266 e. The molecule has 0 spiro atoms. The predicted molar refractivity (Wildman–Crippen MR) is 60.0 cm³/mol. The molecule has 1 amide bonds. The Morgan fingerprint density at radius 2 is 2.44 bits per heavy atom. The fourth-order valence-electron chi connectivity index (χ4n) is 1.41. The lowest BCUT2D eigenvalue weighted by Gasteiger charge is -1.99. The number of hydrogen-bond donors (Lipinski definition) is 1. The van der Waals surface area contributed by atoms with Crippen molar-refractivity contribution < 1.29 is 9.18 Å². The summed E-state index contributed by atoms with van der Waals surface area (Å²) in [6.07, 6.45) is 0. The zero-order valence-corrected chi connectivity index (χ0v) is 9.21. The molecule has 0 saturated carbocycles. The van der Waals surface area contributed by atoms with Crippen molar-refractivity contribution in [2.45, 2.75) is 6.54 Å². The average molecular weight is 239 g/mol. The molecule has 16 heavy (non-hydrogen) atoms. The third-order valence-corrected chi connectivity index (χ3v) is 2.99. The highest BCUT2D eigenvalue weighted by molar-refractivity contribution is 7.13. The number of nitrogens with two attached hydrogens (primary N) is 1. The molecular weight excluding hydrogens is 229 g/mol. The predicted octanol–water partition coefficient (Wildman–Crippen LogP) is 1.68. The summed E-state index contributed by atoms with van der Waals surface area (Å²) in [6, 6.07) is 5.36. The number of carbonyl (C=O) groups is 1. The summed E-state index contributed by atoms with van der Waals surface area (Å²) in [7, 11) is 0. The maximum atomic E-state index is 12.3. The molecule has 0 aromatic carbocycles. The Bertz CT molecular complexity index is 492. The van der Waals surface area contributed by atoms with Gasteiger partial charge in [-0.15, -0.1) is 11.3 Å². The van der Waals surface area contributed by atoms with Crippen LogP contribution < -0.4 is 5.73 Å². The number of carbonyl (C=O) groups excluding carboxylic acids is 1. The second-order valence-electron chi connectivity index (χ2n) is 3.17. The van der Waals surface area contributed by atoms with E-state index in [4.69, 9.17) is 5.73 Å². The molecule has 84 valence electrons. The molecule has 2 N–H and O–H groups in total. The van der Waals surface area contributed by atoms with E-state index in [1.165, 1.54) is 16.0 Å². The van der Waals surface area contributed by atoms with Crippen LogP contribution in [-0.4, -0.2) is 22.4 Å². The van der Waals surface area contributed by atoms with Crippen molar-refractivity contribution >= 4 is 17.2 Å². The molecule has 2 heterocycles. The van der Waals surface area contributed by atoms with E-state index in [-0.39, 0.29) is 12.2 Å². The molecule has 2 rings (SSSR count). The number of hydrogen-bond acceptors (Lipinski definition) is 3. The SMILES string of the molecule is NC(=O)c1cc(-c2cccs2)nn1CCF. The van der Waals surface area contributed by atoms with Crippen molar-refractivity contribution in [3.8, 4) is 10.6 Å². The summed E-state index contributed by atoms with van der Waals surface area (Å²) < 4.78 is 13.6. The Morgan fingerprint density at radius 3 is 3.00 bits per heavy atom. The minimum atomic E-state index is -0.594. The van der Waals surface area contributed by atoms with Gasteiger partial charge < -0.3 is 5.73 Å². The summed E-state index contributed by atoms with van der Waals surface area (Å²) in [4.78, 5) is 12.1. The maximum Gasteiger partial charge on any atom is 0.266 e. The third-order valence-electron chi connectivity index (χ3n) is 2.10. The summed E-state index contributed by atoms with van der Waals surface area (Å²) in [5.41, 5.74) is 6.08. The van der Waals surface area contributed by atoms with Crippen LogP contribution in [-0.2, 0) is 6.54 Å². The van der Waals surface area contributed by atoms with Gasteiger partial charge in [-0.1, -0.05) is 6.07 Å². The number of amides is 1. The van der Waals surface area contributed by atoms with Crippen LogP contribution in [0.25, 0.3) is 10.6 Å². The lowest BCUT2D eigenvalue weighted by Crippen LogP contribution is -2.18. The molecule has 0 fully saturated rings. The second kappa shape index (κ2) is 4.44. The maximum absolute atomic E-state index is 12.3. The van der Waals surface area contributed by atoms with Gasteiger partial charge in [0.2, 0.25) is 0 Å². The quantitative estimate of drug-likeness (QED) is 0.882. The lowest BCUT2D eigenvalue weighted by molar-refractivity contribution is 0.0989. The van der Waals surface area contributed by atoms with Crippen LogP contribution in [0.1, 0.15) is 10.5 Å². The normalized spacial score (nSPS) is 10.6. The average Bonchev–Trinajstić information content (AvgIpc) is 2.83. The Morgan fingerprint density at radius 1 is 1.62 bits per heavy atom. The zero-order chi connectivity index (χ0) is 11.5. The molecule has 0 bridgehead atoms. The van der Waals surface area contributed by atoms with Crippen molar-refractivity contribution in [3.05, 3.63) is 29.3 Å². The summed E-state index contributed by atoms with van der Waals surface area (Å²) in [6.45, 7) is -0.532. The minimum Gasteiger partial charge on any atom is -0.364 e. The van der Waals surface area contributed by atoms with E-state index in [2.05, 4.69) is 5.10 Å². The topological polar surface area (TPSA) is 60.9 Å². The van der Waals surface area contributed by atoms with Crippen LogP contribution in [0.2, 0.25) is 0 Å². The highest BCUT2D eigenvalue weighted by Gasteiger charge is 2.13. The van der Waals surface area contributed by atoms with Crippen LogP contribution in [0, 0.1) is 0 Å². The summed E-state index contributed by atoms with van der Waals surface area (Å²) in [5, 5.41) is 6.06. The Balaban J connectivity index is 2.42. The monoisotopic (exact) mass is 239 g/mol. The number of alkyl halides is 1. The fourth-order valence-corrected chi connectivity index (χ4v) is 2.09. The first-order valence-corrected chi connectivity index (χ1v) is 5.58. The van der Waals surface area contributed by atoms with Crippen LogP contribution >= 0.6 is 11.3 Å². The lowest BCUT2D eigenvalue weighted by atomic mass is 10.3. The first kappa shape index (κ1) is 10.8. The van der Waals surface area contributed by atoms with E-state index in [9.17, 15) is 9.18 Å². The number of halogens is 1. The van der Waals surface area contributed by atoms with Crippen molar-refractivity contribution in [2.24, 2.45) is 5.73 Å². The molecule has 6 heteroatoms. The van der Waals surface area contributed by atoms with Crippen LogP contribution in [0.5, 0.6) is 0 Å². The van der Waals surface area contributed by atoms with Gasteiger partial charge in [-0.05, 0) is 17.5 Å². The highest BCUT2D eigenvalue weighted by Crippen LogP contribution is 2.23. The number of thiophene rings is 1. The van der Waals surface area contributed by atoms with Crippen molar-refractivity contribution in [2.75, 3.05) is 6.67 Å². The van der Waals surface area contributed by atoms with E-state index in [0.717, 1.165) is 4.88 Å². The van der Waals surface area contributed by atoms with Crippen LogP contribution in [0.15, 0.2) is 23.6 Å². The fraction of sp³-hybridized carbons (Fsp3) is 0.200. The first-order chi connectivity index (χ1) is 7.72. The molecule has 0 unspecified atom stereocenters. The number of nitrogens with zero attached hydrogens (tertiary/aromatic N) is 2. The molecule has 2 aromatic heterocycles. The summed E-state index contributed by atoms with van der Waals surface area (Å²) in [5.74, 6) is -0.594. The van der Waals surface area contributed by atoms with Gasteiger partial charge >= 0.3 is 0 Å². The Labute approximate surface area is 95.5 Å². The van der Waals surface area contributed by atoms with E-state index in [1.54, 1.807) is 6.07 Å². The van der Waals surface area contributed by atoms with Crippen LogP contribution in [0.4, 0.5) is 4.39 Å². The standard InChI is InChI=1S/C10H10FN3OS/c11-3-4-14-8(10(12)15)6-7(13-14)9-2-1-5-16-9/h1-2,5-6H,3-4H2,(H2,12,15). The molecule has 0 saturated heterocycles. The minimum absolute atomic E-state index is 0.0453. The molecule has 2 aromatic rings. The largest absolute Gasteiger partial charge is 0.364 e. The van der Waals surface area contributed by atoms with E-state index in [0.29, 0.717) is 5.69 Å². The van der Waals surface area contributed by atoms with Crippen LogP contribution in [0.3, 0.4) is 0 Å². The molecule has 0 aliphatic heterocycles. The van der Waals surface area contributed by atoms with E-state index in [1.807, 2.05) is 17.5 Å². The Kier molecular flexibility index (Phi) is 3.00. The van der Waals surface area contributed by atoms with Gasteiger partial charge in [0.1, 0.15) is 18.1 Å². The number of aromatic nitrogens is 2. The molecular formula is C10H10FN3OS. The van der Waals surface area contributed by atoms with Gasteiger partial charge in [-0.2, -0.15) is 5.10 Å². The van der Waals surface area contributed by atoms with E-state index >= 15 is 0 Å². The number of primary amides is 1. The molecule has 4 nitrogen and oxygen atoms in total. The third kappa shape index (κ3) is 1.96. The van der Waals surface area contributed by atoms with Crippen molar-refractivity contribution in [1.29, 1.82) is 0 Å². The molecule has 0 radical (unpaired) electrons. The van der Waals surface area contributed by atoms with Gasteiger partial charge in [0.15, 0.2) is 0 Å². The number of rotatable bonds is 4. The van der Waals surface area contributed by atoms with E-state index < -0.39 is 12.6 Å². The van der Waals surface area contributed by atoms with Gasteiger partial charge in [0.05, 0.1) is 11.4 Å². The van der Waals surface area contributed by atoms with Gasteiger partial charge in [0, 0.05) is 0 Å². The first-order valence-electron chi connectivity index (χ1n) is 4.70. The highest BCUT2D eigenvalue weighted by atomic mass is 32.1. The van der Waals surface area contributed by atoms with Crippen molar-refractivity contribution in [1.82, 2.24) is 9.78 Å². The molecule has 0 aliphatic carbocycles. The van der Waals surface area contributed by atoms with Gasteiger partial charge in [-0.3, -0.25) is 9.48 Å². The zero-order valence-electron chi connectivity index (χ0n) is 8.39. The Hall–Kier alpha value is -1.69. The van der Waals surface area contributed by atoms with Gasteiger partial charge in [-0.25, -0.2) is 4.39 Å². The summed E-state index contributed by atoms with van der Waals surface area (Å²) >= 11 is 1.51. The number of aryl methyl sites for hydroxylation is 1. The second-order valence-corrected chi connectivity index (χ2v) is 4.12. The van der Waals surface area contributed by atoms with Crippen molar-refractivity contribution in [3.63, 3.8) is 0 Å².